The lowest BCUT2D eigenvalue weighted by Crippen LogP contribution is -2.38. The summed E-state index contributed by atoms with van der Waals surface area (Å²) >= 11 is 7.06. The van der Waals surface area contributed by atoms with Gasteiger partial charge in [-0.1, -0.05) is 35.5 Å². The van der Waals surface area contributed by atoms with Gasteiger partial charge in [0.1, 0.15) is 6.54 Å². The Balaban J connectivity index is 1.69. The molecule has 0 atom stereocenters. The van der Waals surface area contributed by atoms with E-state index >= 15 is 0 Å². The van der Waals surface area contributed by atoms with Crippen molar-refractivity contribution in [2.45, 2.75) is 6.42 Å². The van der Waals surface area contributed by atoms with E-state index in [0.717, 1.165) is 17.7 Å². The number of benzene rings is 1. The Morgan fingerprint density at radius 3 is 2.74 bits per heavy atom. The molecule has 0 aliphatic carbocycles. The number of hydrogen-bond acceptors (Lipinski definition) is 3. The third-order valence-electron chi connectivity index (χ3n) is 2.83. The molecule has 0 radical (unpaired) electrons. The zero-order chi connectivity index (χ0) is 13.7. The van der Waals surface area contributed by atoms with E-state index in [0.29, 0.717) is 18.1 Å². The lowest BCUT2D eigenvalue weighted by molar-refractivity contribution is -0.121. The Labute approximate surface area is 121 Å². The van der Waals surface area contributed by atoms with Crippen LogP contribution in [0.4, 0.5) is 4.79 Å². The van der Waals surface area contributed by atoms with Crippen LogP contribution in [0, 0.1) is 0 Å². The molecular weight excluding hydrogens is 284 g/mol. The van der Waals surface area contributed by atoms with Gasteiger partial charge >= 0.3 is 0 Å². The van der Waals surface area contributed by atoms with Crippen molar-refractivity contribution < 1.29 is 9.59 Å². The van der Waals surface area contributed by atoms with Gasteiger partial charge < -0.3 is 10.2 Å². The van der Waals surface area contributed by atoms with E-state index in [1.807, 2.05) is 24.3 Å². The van der Waals surface area contributed by atoms with Crippen LogP contribution in [0.1, 0.15) is 5.56 Å². The van der Waals surface area contributed by atoms with Gasteiger partial charge in [0.25, 0.3) is 5.24 Å². The molecular formula is C13H15ClN2O2S. The molecule has 0 unspecified atom stereocenters. The number of nitrogens with zero attached hydrogens (tertiary/aromatic N) is 1. The van der Waals surface area contributed by atoms with Gasteiger partial charge in [0.15, 0.2) is 0 Å². The summed E-state index contributed by atoms with van der Waals surface area (Å²) in [7, 11) is 0. The van der Waals surface area contributed by atoms with Gasteiger partial charge in [-0.3, -0.25) is 9.59 Å². The second-order valence-electron chi connectivity index (χ2n) is 4.26. The molecule has 0 spiro atoms. The Bertz CT molecular complexity index is 464. The minimum atomic E-state index is -0.107. The van der Waals surface area contributed by atoms with Crippen molar-refractivity contribution in [3.63, 3.8) is 0 Å². The average Bonchev–Trinajstić information content (AvgIpc) is 2.78. The molecule has 2 rings (SSSR count). The number of nitrogens with one attached hydrogen (secondary N) is 1. The summed E-state index contributed by atoms with van der Waals surface area (Å²) in [5.41, 5.74) is 1.12. The van der Waals surface area contributed by atoms with E-state index in [1.165, 1.54) is 11.8 Å². The summed E-state index contributed by atoms with van der Waals surface area (Å²) in [6.45, 7) is 1.39. The first-order valence-electron chi connectivity index (χ1n) is 6.08. The standard InChI is InChI=1S/C13H15ClN2O2S/c14-11-3-1-10(2-4-11)5-6-15-12(17)9-16-7-8-19-13(16)18/h1-4H,5-9H2,(H,15,17). The first kappa shape index (κ1) is 14.2. The predicted molar refractivity (Wildman–Crippen MR) is 77.6 cm³/mol. The number of halogens is 1. The minimum absolute atomic E-state index is 0.00662. The smallest absolute Gasteiger partial charge is 0.282 e. The molecule has 0 bridgehead atoms. The van der Waals surface area contributed by atoms with E-state index in [4.69, 9.17) is 11.6 Å². The number of carbonyl (C=O) groups excluding carboxylic acids is 2. The fourth-order valence-electron chi connectivity index (χ4n) is 1.80. The van der Waals surface area contributed by atoms with E-state index in [1.54, 1.807) is 4.90 Å². The SMILES string of the molecule is O=C(CN1CCSC1=O)NCCc1ccc(Cl)cc1. The lowest BCUT2D eigenvalue weighted by atomic mass is 10.1. The molecule has 1 aliphatic heterocycles. The lowest BCUT2D eigenvalue weighted by Gasteiger charge is -2.13. The number of carbonyl (C=O) groups is 2. The van der Waals surface area contributed by atoms with Crippen molar-refractivity contribution in [3.05, 3.63) is 34.9 Å². The van der Waals surface area contributed by atoms with E-state index in [9.17, 15) is 9.59 Å². The van der Waals surface area contributed by atoms with Crippen LogP contribution in [-0.2, 0) is 11.2 Å². The van der Waals surface area contributed by atoms with Crippen LogP contribution in [0.2, 0.25) is 5.02 Å². The zero-order valence-corrected chi connectivity index (χ0v) is 12.0. The normalized spacial score (nSPS) is 14.8. The molecule has 19 heavy (non-hydrogen) atoms. The molecule has 1 fully saturated rings. The highest BCUT2D eigenvalue weighted by Crippen LogP contribution is 2.16. The Morgan fingerprint density at radius 1 is 1.37 bits per heavy atom. The molecule has 0 aromatic heterocycles. The largest absolute Gasteiger partial charge is 0.354 e. The zero-order valence-electron chi connectivity index (χ0n) is 10.4. The maximum absolute atomic E-state index is 11.7. The van der Waals surface area contributed by atoms with Crippen LogP contribution in [0.5, 0.6) is 0 Å². The summed E-state index contributed by atoms with van der Waals surface area (Å²) in [4.78, 5) is 24.6. The number of thioether (sulfide) groups is 1. The summed E-state index contributed by atoms with van der Waals surface area (Å²) in [5, 5.41) is 3.52. The Hall–Kier alpha value is -1.20. The molecule has 6 heteroatoms. The summed E-state index contributed by atoms with van der Waals surface area (Å²) in [6, 6.07) is 7.54. The topological polar surface area (TPSA) is 49.4 Å². The Kier molecular flexibility index (Phi) is 5.10. The quantitative estimate of drug-likeness (QED) is 0.906. The van der Waals surface area contributed by atoms with Crippen molar-refractivity contribution in [1.29, 1.82) is 0 Å². The highest BCUT2D eigenvalue weighted by atomic mass is 35.5. The maximum atomic E-state index is 11.7. The molecule has 4 nitrogen and oxygen atoms in total. The predicted octanol–water partition coefficient (Wildman–Crippen LogP) is 2.17. The summed E-state index contributed by atoms with van der Waals surface area (Å²) in [5.74, 6) is 0.668. The molecule has 1 saturated heterocycles. The van der Waals surface area contributed by atoms with Crippen molar-refractivity contribution in [2.24, 2.45) is 0 Å². The molecule has 1 aromatic carbocycles. The highest BCUT2D eigenvalue weighted by molar-refractivity contribution is 8.13. The van der Waals surface area contributed by atoms with Crippen molar-refractivity contribution in [2.75, 3.05) is 25.4 Å². The maximum Gasteiger partial charge on any atom is 0.282 e. The molecule has 2 amide bonds. The van der Waals surface area contributed by atoms with E-state index < -0.39 is 0 Å². The van der Waals surface area contributed by atoms with Crippen molar-refractivity contribution in [3.8, 4) is 0 Å². The van der Waals surface area contributed by atoms with Crippen LogP contribution < -0.4 is 5.32 Å². The number of rotatable bonds is 5. The third kappa shape index (κ3) is 4.44. The van der Waals surface area contributed by atoms with Gasteiger partial charge in [0.05, 0.1) is 0 Å². The van der Waals surface area contributed by atoms with Gasteiger partial charge in [-0.2, -0.15) is 0 Å². The fraction of sp³-hybridized carbons (Fsp3) is 0.385. The van der Waals surface area contributed by atoms with Gasteiger partial charge in [-0.15, -0.1) is 0 Å². The van der Waals surface area contributed by atoms with Crippen LogP contribution in [0.3, 0.4) is 0 Å². The number of amides is 2. The first-order chi connectivity index (χ1) is 9.15. The second kappa shape index (κ2) is 6.82. The van der Waals surface area contributed by atoms with Gasteiger partial charge in [-0.25, -0.2) is 0 Å². The summed E-state index contributed by atoms with van der Waals surface area (Å²) < 4.78 is 0. The third-order valence-corrected chi connectivity index (χ3v) is 3.97. The van der Waals surface area contributed by atoms with Gasteiger partial charge in [0, 0.05) is 23.9 Å². The van der Waals surface area contributed by atoms with Gasteiger partial charge in [0.2, 0.25) is 5.91 Å². The van der Waals surface area contributed by atoms with Gasteiger partial charge in [-0.05, 0) is 24.1 Å². The molecule has 1 heterocycles. The molecule has 1 aliphatic rings. The monoisotopic (exact) mass is 298 g/mol. The molecule has 102 valence electrons. The highest BCUT2D eigenvalue weighted by Gasteiger charge is 2.22. The fourth-order valence-corrected chi connectivity index (χ4v) is 2.75. The minimum Gasteiger partial charge on any atom is -0.354 e. The second-order valence-corrected chi connectivity index (χ2v) is 5.74. The average molecular weight is 299 g/mol. The van der Waals surface area contributed by atoms with Crippen molar-refractivity contribution in [1.82, 2.24) is 10.2 Å². The Morgan fingerprint density at radius 2 is 2.11 bits per heavy atom. The van der Waals surface area contributed by atoms with E-state index in [2.05, 4.69) is 5.32 Å². The van der Waals surface area contributed by atoms with Crippen LogP contribution >= 0.6 is 23.4 Å². The van der Waals surface area contributed by atoms with Crippen LogP contribution in [0.15, 0.2) is 24.3 Å². The molecule has 0 saturated carbocycles. The molecule has 1 aromatic rings. The van der Waals surface area contributed by atoms with E-state index in [-0.39, 0.29) is 17.7 Å². The number of hydrogen-bond donors (Lipinski definition) is 1. The van der Waals surface area contributed by atoms with Crippen LogP contribution in [-0.4, -0.2) is 41.4 Å². The van der Waals surface area contributed by atoms with Crippen molar-refractivity contribution >= 4 is 34.5 Å². The first-order valence-corrected chi connectivity index (χ1v) is 7.44. The summed E-state index contributed by atoms with van der Waals surface area (Å²) in [6.07, 6.45) is 0.756. The molecule has 1 N–H and O–H groups in total. The van der Waals surface area contributed by atoms with Crippen LogP contribution in [0.25, 0.3) is 0 Å².